The lowest BCUT2D eigenvalue weighted by atomic mass is 10.0. The molecule has 1 aliphatic rings. The Labute approximate surface area is 147 Å². The number of nitrogens with one attached hydrogen (secondary N) is 1. The number of aliphatic carboxylic acids is 1. The Bertz CT molecular complexity index is 806. The van der Waals surface area contributed by atoms with Gasteiger partial charge >= 0.3 is 5.97 Å². The first kappa shape index (κ1) is 17.3. The van der Waals surface area contributed by atoms with Crippen LogP contribution in [0.25, 0.3) is 0 Å². The number of aryl methyl sites for hydroxylation is 3. The molecule has 0 saturated carbocycles. The van der Waals surface area contributed by atoms with Gasteiger partial charge in [-0.3, -0.25) is 9.59 Å². The van der Waals surface area contributed by atoms with E-state index >= 15 is 0 Å². The van der Waals surface area contributed by atoms with E-state index in [0.29, 0.717) is 11.1 Å². The maximum atomic E-state index is 12.6. The average molecular weight is 341 g/mol. The number of hydrogen-bond acceptors (Lipinski definition) is 3. The highest BCUT2D eigenvalue weighted by molar-refractivity contribution is 5.97. The van der Waals surface area contributed by atoms with Crippen LogP contribution in [-0.4, -0.2) is 23.0 Å². The van der Waals surface area contributed by atoms with Crippen LogP contribution in [0.2, 0.25) is 0 Å². The molecule has 1 heterocycles. The number of amides is 1. The van der Waals surface area contributed by atoms with E-state index in [2.05, 4.69) is 23.5 Å². The number of carboxylic acid groups (broad SMARTS) is 1. The summed E-state index contributed by atoms with van der Waals surface area (Å²) < 4.78 is 5.24. The van der Waals surface area contributed by atoms with Gasteiger partial charge in [-0.25, -0.2) is 0 Å². The minimum atomic E-state index is -1.02. The van der Waals surface area contributed by atoms with Gasteiger partial charge in [0.1, 0.15) is 12.2 Å². The summed E-state index contributed by atoms with van der Waals surface area (Å²) in [5.41, 5.74) is 5.06. The Hall–Kier alpha value is -2.56. The van der Waals surface area contributed by atoms with Crippen LogP contribution >= 0.6 is 0 Å². The Morgan fingerprint density at radius 2 is 2.04 bits per heavy atom. The highest BCUT2D eigenvalue weighted by Crippen LogP contribution is 2.23. The minimum Gasteiger partial charge on any atom is -0.481 e. The van der Waals surface area contributed by atoms with E-state index in [0.717, 1.165) is 19.3 Å². The lowest BCUT2D eigenvalue weighted by Crippen LogP contribution is -2.34. The SMILES string of the molecule is Cc1coc(CC(=O)O)c1C(=O)N[C@H](C)Cc1ccc2c(c1)CCC2. The van der Waals surface area contributed by atoms with E-state index in [4.69, 9.17) is 9.52 Å². The molecule has 0 bridgehead atoms. The van der Waals surface area contributed by atoms with Crippen molar-refractivity contribution in [1.82, 2.24) is 5.32 Å². The van der Waals surface area contributed by atoms with Gasteiger partial charge in [-0.05, 0) is 56.2 Å². The Kier molecular flexibility index (Phi) is 4.93. The van der Waals surface area contributed by atoms with Crippen molar-refractivity contribution in [3.63, 3.8) is 0 Å². The quantitative estimate of drug-likeness (QED) is 0.846. The van der Waals surface area contributed by atoms with Gasteiger partial charge in [0, 0.05) is 11.6 Å². The zero-order chi connectivity index (χ0) is 18.0. The molecule has 1 aliphatic carbocycles. The summed E-state index contributed by atoms with van der Waals surface area (Å²) in [6.07, 6.45) is 5.39. The third-order valence-corrected chi connectivity index (χ3v) is 4.67. The van der Waals surface area contributed by atoms with E-state index in [9.17, 15) is 9.59 Å². The molecule has 0 aliphatic heterocycles. The number of benzene rings is 1. The molecular weight excluding hydrogens is 318 g/mol. The van der Waals surface area contributed by atoms with Crippen molar-refractivity contribution in [2.45, 2.75) is 52.0 Å². The largest absolute Gasteiger partial charge is 0.481 e. The molecule has 5 heteroatoms. The smallest absolute Gasteiger partial charge is 0.311 e. The van der Waals surface area contributed by atoms with Gasteiger partial charge in [0.25, 0.3) is 5.91 Å². The Balaban J connectivity index is 1.67. The van der Waals surface area contributed by atoms with Gasteiger partial charge in [-0.15, -0.1) is 0 Å². The summed E-state index contributed by atoms with van der Waals surface area (Å²) in [7, 11) is 0. The third kappa shape index (κ3) is 3.92. The lowest BCUT2D eigenvalue weighted by molar-refractivity contribution is -0.136. The van der Waals surface area contributed by atoms with Crippen LogP contribution in [0.15, 0.2) is 28.9 Å². The average Bonchev–Trinajstić information content (AvgIpc) is 3.12. The highest BCUT2D eigenvalue weighted by Gasteiger charge is 2.22. The summed E-state index contributed by atoms with van der Waals surface area (Å²) >= 11 is 0. The second kappa shape index (κ2) is 7.13. The zero-order valence-electron chi connectivity index (χ0n) is 14.6. The molecule has 5 nitrogen and oxygen atoms in total. The van der Waals surface area contributed by atoms with Gasteiger partial charge in [-0.2, -0.15) is 0 Å². The molecule has 1 aromatic heterocycles. The fraction of sp³-hybridized carbons (Fsp3) is 0.400. The molecule has 0 fully saturated rings. The maximum Gasteiger partial charge on any atom is 0.311 e. The molecule has 0 saturated heterocycles. The van der Waals surface area contributed by atoms with Gasteiger partial charge in [-0.1, -0.05) is 18.2 Å². The van der Waals surface area contributed by atoms with Crippen molar-refractivity contribution in [2.24, 2.45) is 0 Å². The van der Waals surface area contributed by atoms with Gasteiger partial charge < -0.3 is 14.8 Å². The summed E-state index contributed by atoms with van der Waals surface area (Å²) in [6.45, 7) is 3.70. The van der Waals surface area contributed by atoms with Gasteiger partial charge in [0.15, 0.2) is 0 Å². The second-order valence-corrected chi connectivity index (χ2v) is 6.82. The van der Waals surface area contributed by atoms with Gasteiger partial charge in [0.05, 0.1) is 11.8 Å². The first-order valence-corrected chi connectivity index (χ1v) is 8.64. The number of rotatable bonds is 6. The first-order chi connectivity index (χ1) is 11.9. The molecule has 25 heavy (non-hydrogen) atoms. The molecule has 2 aromatic rings. The van der Waals surface area contributed by atoms with Crippen molar-refractivity contribution in [3.8, 4) is 0 Å². The number of furan rings is 1. The highest BCUT2D eigenvalue weighted by atomic mass is 16.4. The molecule has 132 valence electrons. The van der Waals surface area contributed by atoms with Crippen LogP contribution in [-0.2, 0) is 30.5 Å². The van der Waals surface area contributed by atoms with Crippen molar-refractivity contribution in [2.75, 3.05) is 0 Å². The lowest BCUT2D eigenvalue weighted by Gasteiger charge is -2.15. The van der Waals surface area contributed by atoms with Crippen LogP contribution in [0.5, 0.6) is 0 Å². The van der Waals surface area contributed by atoms with E-state index in [1.807, 2.05) is 6.92 Å². The number of carboxylic acids is 1. The summed E-state index contributed by atoms with van der Waals surface area (Å²) in [6, 6.07) is 6.51. The maximum absolute atomic E-state index is 12.6. The normalized spacial score (nSPS) is 14.2. The first-order valence-electron chi connectivity index (χ1n) is 8.64. The number of hydrogen-bond donors (Lipinski definition) is 2. The van der Waals surface area contributed by atoms with E-state index in [-0.39, 0.29) is 24.1 Å². The van der Waals surface area contributed by atoms with Crippen LogP contribution in [0.1, 0.15) is 51.7 Å². The van der Waals surface area contributed by atoms with E-state index in [1.54, 1.807) is 6.92 Å². The predicted octanol–water partition coefficient (Wildman–Crippen LogP) is 3.06. The molecule has 1 aromatic carbocycles. The van der Waals surface area contributed by atoms with Crippen LogP contribution < -0.4 is 5.32 Å². The molecule has 1 atom stereocenters. The van der Waals surface area contributed by atoms with Crippen LogP contribution in [0.4, 0.5) is 0 Å². The zero-order valence-corrected chi connectivity index (χ0v) is 14.6. The molecule has 0 radical (unpaired) electrons. The molecule has 1 amide bonds. The van der Waals surface area contributed by atoms with Gasteiger partial charge in [0.2, 0.25) is 0 Å². The van der Waals surface area contributed by atoms with Crippen molar-refractivity contribution >= 4 is 11.9 Å². The molecule has 0 unspecified atom stereocenters. The van der Waals surface area contributed by atoms with Crippen LogP contribution in [0, 0.1) is 6.92 Å². The predicted molar refractivity (Wildman–Crippen MR) is 93.9 cm³/mol. The summed E-state index contributed by atoms with van der Waals surface area (Å²) in [5.74, 6) is -1.10. The van der Waals surface area contributed by atoms with E-state index < -0.39 is 5.97 Å². The monoisotopic (exact) mass is 341 g/mol. The Morgan fingerprint density at radius 1 is 1.28 bits per heavy atom. The number of fused-ring (bicyclic) bond motifs is 1. The molecular formula is C20H23NO4. The van der Waals surface area contributed by atoms with Crippen molar-refractivity contribution < 1.29 is 19.1 Å². The summed E-state index contributed by atoms with van der Waals surface area (Å²) in [4.78, 5) is 23.5. The van der Waals surface area contributed by atoms with Crippen molar-refractivity contribution in [1.29, 1.82) is 0 Å². The number of carbonyl (C=O) groups is 2. The topological polar surface area (TPSA) is 79.5 Å². The standard InChI is InChI=1S/C20H23NO4/c1-12-11-25-17(10-18(22)23)19(12)20(24)21-13(2)8-14-6-7-15-4-3-5-16(15)9-14/h6-7,9,11,13H,3-5,8,10H2,1-2H3,(H,21,24)(H,22,23)/t13-/m1/s1. The van der Waals surface area contributed by atoms with Crippen molar-refractivity contribution in [3.05, 3.63) is 58.0 Å². The minimum absolute atomic E-state index is 0.0565. The summed E-state index contributed by atoms with van der Waals surface area (Å²) in [5, 5.41) is 11.9. The number of carbonyl (C=O) groups excluding carboxylic acids is 1. The van der Waals surface area contributed by atoms with E-state index in [1.165, 1.54) is 29.4 Å². The molecule has 3 rings (SSSR count). The Morgan fingerprint density at radius 3 is 2.80 bits per heavy atom. The third-order valence-electron chi connectivity index (χ3n) is 4.67. The fourth-order valence-corrected chi connectivity index (χ4v) is 3.52. The second-order valence-electron chi connectivity index (χ2n) is 6.82. The molecule has 2 N–H and O–H groups in total. The fourth-order valence-electron chi connectivity index (χ4n) is 3.52. The van der Waals surface area contributed by atoms with Crippen LogP contribution in [0.3, 0.4) is 0 Å². The molecule has 0 spiro atoms.